The lowest BCUT2D eigenvalue weighted by atomic mass is 10.2. The standard InChI is InChI=1S/C21H20FN3O3/c1-4-7-27-19-10-16-14(9-18(19)26-3)21(24-11-23-16)28-17-6-5-15-13(20(17)22)8-12(2)25-15/h5-6,8-11,25H,4,7H2,1-3H3. The van der Waals surface area contributed by atoms with Gasteiger partial charge in [-0.15, -0.1) is 0 Å². The monoisotopic (exact) mass is 381 g/mol. The van der Waals surface area contributed by atoms with Crippen LogP contribution in [0.3, 0.4) is 0 Å². The number of methoxy groups -OCH3 is 1. The van der Waals surface area contributed by atoms with E-state index in [2.05, 4.69) is 15.0 Å². The highest BCUT2D eigenvalue weighted by Crippen LogP contribution is 2.37. The van der Waals surface area contributed by atoms with Crippen molar-refractivity contribution in [2.75, 3.05) is 13.7 Å². The van der Waals surface area contributed by atoms with Crippen molar-refractivity contribution in [3.05, 3.63) is 48.2 Å². The first kappa shape index (κ1) is 18.0. The molecular formula is C21H20FN3O3. The first-order chi connectivity index (χ1) is 13.6. The van der Waals surface area contributed by atoms with Crippen LogP contribution in [0.25, 0.3) is 21.8 Å². The molecule has 0 saturated heterocycles. The summed E-state index contributed by atoms with van der Waals surface area (Å²) in [6, 6.07) is 8.62. The molecule has 0 fully saturated rings. The zero-order valence-electron chi connectivity index (χ0n) is 15.9. The third-order valence-electron chi connectivity index (χ3n) is 4.39. The molecule has 0 saturated carbocycles. The van der Waals surface area contributed by atoms with E-state index in [0.29, 0.717) is 39.9 Å². The van der Waals surface area contributed by atoms with Gasteiger partial charge in [0.05, 0.1) is 24.6 Å². The van der Waals surface area contributed by atoms with Crippen molar-refractivity contribution < 1.29 is 18.6 Å². The topological polar surface area (TPSA) is 69.3 Å². The van der Waals surface area contributed by atoms with E-state index in [0.717, 1.165) is 12.1 Å². The molecule has 7 heteroatoms. The number of aromatic amines is 1. The molecular weight excluding hydrogens is 361 g/mol. The van der Waals surface area contributed by atoms with Crippen LogP contribution in [0.4, 0.5) is 4.39 Å². The molecule has 0 unspecified atom stereocenters. The Labute approximate surface area is 161 Å². The second kappa shape index (κ2) is 7.34. The SMILES string of the molecule is CCCOc1cc2ncnc(Oc3ccc4[nH]c(C)cc4c3F)c2cc1OC. The minimum Gasteiger partial charge on any atom is -0.493 e. The van der Waals surface area contributed by atoms with E-state index < -0.39 is 5.82 Å². The molecule has 2 aromatic carbocycles. The van der Waals surface area contributed by atoms with Gasteiger partial charge in [0.15, 0.2) is 23.1 Å². The van der Waals surface area contributed by atoms with Gasteiger partial charge in [-0.25, -0.2) is 14.4 Å². The Hall–Kier alpha value is -3.35. The van der Waals surface area contributed by atoms with Crippen LogP contribution in [0.2, 0.25) is 0 Å². The molecule has 2 heterocycles. The van der Waals surface area contributed by atoms with Crippen LogP contribution in [0, 0.1) is 12.7 Å². The van der Waals surface area contributed by atoms with Crippen LogP contribution in [-0.4, -0.2) is 28.7 Å². The zero-order chi connectivity index (χ0) is 19.7. The second-order valence-electron chi connectivity index (χ2n) is 6.44. The van der Waals surface area contributed by atoms with E-state index in [9.17, 15) is 4.39 Å². The molecule has 0 spiro atoms. The zero-order valence-corrected chi connectivity index (χ0v) is 15.9. The molecule has 4 rings (SSSR count). The second-order valence-corrected chi connectivity index (χ2v) is 6.44. The molecule has 2 aromatic heterocycles. The molecule has 4 aromatic rings. The highest BCUT2D eigenvalue weighted by molar-refractivity contribution is 5.87. The van der Waals surface area contributed by atoms with E-state index in [1.807, 2.05) is 13.8 Å². The maximum atomic E-state index is 14.9. The number of aromatic nitrogens is 3. The molecule has 0 aliphatic heterocycles. The maximum absolute atomic E-state index is 14.9. The van der Waals surface area contributed by atoms with E-state index in [-0.39, 0.29) is 11.6 Å². The van der Waals surface area contributed by atoms with Crippen molar-refractivity contribution in [2.24, 2.45) is 0 Å². The van der Waals surface area contributed by atoms with Crippen LogP contribution in [-0.2, 0) is 0 Å². The molecule has 1 N–H and O–H groups in total. The lowest BCUT2D eigenvalue weighted by Gasteiger charge is -2.13. The third kappa shape index (κ3) is 3.19. The summed E-state index contributed by atoms with van der Waals surface area (Å²) in [6.45, 7) is 4.47. The van der Waals surface area contributed by atoms with Crippen molar-refractivity contribution in [3.8, 4) is 23.1 Å². The summed E-state index contributed by atoms with van der Waals surface area (Å²) in [5, 5.41) is 1.08. The lowest BCUT2D eigenvalue weighted by Crippen LogP contribution is -1.99. The average Bonchev–Trinajstić information content (AvgIpc) is 3.09. The maximum Gasteiger partial charge on any atom is 0.230 e. The average molecular weight is 381 g/mol. The van der Waals surface area contributed by atoms with E-state index in [1.54, 1.807) is 37.4 Å². The number of hydrogen-bond acceptors (Lipinski definition) is 5. The van der Waals surface area contributed by atoms with Crippen LogP contribution < -0.4 is 14.2 Å². The van der Waals surface area contributed by atoms with Gasteiger partial charge < -0.3 is 19.2 Å². The number of nitrogens with one attached hydrogen (secondary N) is 1. The number of benzene rings is 2. The quantitative estimate of drug-likeness (QED) is 0.500. The van der Waals surface area contributed by atoms with Crippen LogP contribution in [0.15, 0.2) is 36.7 Å². The number of ether oxygens (including phenoxy) is 3. The minimum atomic E-state index is -0.441. The Kier molecular flexibility index (Phi) is 4.73. The van der Waals surface area contributed by atoms with Gasteiger partial charge in [-0.05, 0) is 37.6 Å². The predicted molar refractivity (Wildman–Crippen MR) is 105 cm³/mol. The summed E-state index contributed by atoms with van der Waals surface area (Å²) >= 11 is 0. The molecule has 0 radical (unpaired) electrons. The number of nitrogens with zero attached hydrogens (tertiary/aromatic N) is 2. The third-order valence-corrected chi connectivity index (χ3v) is 4.39. The Morgan fingerprint density at radius 3 is 2.68 bits per heavy atom. The number of hydrogen-bond donors (Lipinski definition) is 1. The van der Waals surface area contributed by atoms with Crippen molar-refractivity contribution >= 4 is 21.8 Å². The first-order valence-electron chi connectivity index (χ1n) is 9.02. The van der Waals surface area contributed by atoms with Crippen LogP contribution >= 0.6 is 0 Å². The van der Waals surface area contributed by atoms with Crippen LogP contribution in [0.5, 0.6) is 23.1 Å². The molecule has 28 heavy (non-hydrogen) atoms. The highest BCUT2D eigenvalue weighted by Gasteiger charge is 2.16. The number of aryl methyl sites for hydroxylation is 1. The first-order valence-corrected chi connectivity index (χ1v) is 9.02. The van der Waals surface area contributed by atoms with Gasteiger partial charge in [0, 0.05) is 22.7 Å². The summed E-state index contributed by atoms with van der Waals surface area (Å²) in [5.41, 5.74) is 2.22. The largest absolute Gasteiger partial charge is 0.493 e. The molecule has 0 aliphatic rings. The molecule has 6 nitrogen and oxygen atoms in total. The van der Waals surface area contributed by atoms with Crippen molar-refractivity contribution in [2.45, 2.75) is 20.3 Å². The summed E-state index contributed by atoms with van der Waals surface area (Å²) in [5.74, 6) is 1.03. The van der Waals surface area contributed by atoms with E-state index in [1.165, 1.54) is 6.33 Å². The molecule has 0 bridgehead atoms. The van der Waals surface area contributed by atoms with E-state index >= 15 is 0 Å². The fourth-order valence-electron chi connectivity index (χ4n) is 3.08. The Morgan fingerprint density at radius 2 is 1.89 bits per heavy atom. The van der Waals surface area contributed by atoms with Crippen molar-refractivity contribution in [1.29, 1.82) is 0 Å². The Bertz CT molecular complexity index is 1160. The van der Waals surface area contributed by atoms with Crippen molar-refractivity contribution in [1.82, 2.24) is 15.0 Å². The van der Waals surface area contributed by atoms with Gasteiger partial charge in [-0.2, -0.15) is 0 Å². The highest BCUT2D eigenvalue weighted by atomic mass is 19.1. The minimum absolute atomic E-state index is 0.0942. The lowest BCUT2D eigenvalue weighted by molar-refractivity contribution is 0.295. The Balaban J connectivity index is 1.77. The normalized spacial score (nSPS) is 11.1. The molecule has 0 atom stereocenters. The smallest absolute Gasteiger partial charge is 0.230 e. The fourth-order valence-corrected chi connectivity index (χ4v) is 3.08. The molecule has 0 aliphatic carbocycles. The predicted octanol–water partition coefficient (Wildman–Crippen LogP) is 5.15. The Morgan fingerprint density at radius 1 is 1.04 bits per heavy atom. The summed E-state index contributed by atoms with van der Waals surface area (Å²) in [4.78, 5) is 11.6. The number of H-pyrrole nitrogens is 1. The van der Waals surface area contributed by atoms with Gasteiger partial charge in [0.2, 0.25) is 5.88 Å². The number of fused-ring (bicyclic) bond motifs is 2. The summed E-state index contributed by atoms with van der Waals surface area (Å²) < 4.78 is 31.9. The van der Waals surface area contributed by atoms with Crippen LogP contribution in [0.1, 0.15) is 19.0 Å². The van der Waals surface area contributed by atoms with Gasteiger partial charge in [0.1, 0.15) is 6.33 Å². The van der Waals surface area contributed by atoms with Gasteiger partial charge >= 0.3 is 0 Å². The summed E-state index contributed by atoms with van der Waals surface area (Å²) in [6.07, 6.45) is 2.25. The number of halogens is 1. The van der Waals surface area contributed by atoms with Gasteiger partial charge in [0.25, 0.3) is 0 Å². The summed E-state index contributed by atoms with van der Waals surface area (Å²) in [7, 11) is 1.56. The van der Waals surface area contributed by atoms with Gasteiger partial charge in [-0.3, -0.25) is 0 Å². The molecule has 144 valence electrons. The fraction of sp³-hybridized carbons (Fsp3) is 0.238. The van der Waals surface area contributed by atoms with Gasteiger partial charge in [-0.1, -0.05) is 6.92 Å². The molecule has 0 amide bonds. The number of rotatable bonds is 6. The van der Waals surface area contributed by atoms with Crippen molar-refractivity contribution in [3.63, 3.8) is 0 Å². The van der Waals surface area contributed by atoms with E-state index in [4.69, 9.17) is 14.2 Å².